The standard InChI is InChI=1S/C9H15ClO2/c1-3-4-5-8(6-7-10)9(11)12-2/h6H,3-5,7H2,1-2H3. The van der Waals surface area contributed by atoms with Crippen LogP contribution in [0.2, 0.25) is 0 Å². The highest BCUT2D eigenvalue weighted by Crippen LogP contribution is 2.09. The van der Waals surface area contributed by atoms with Crippen LogP contribution in [-0.2, 0) is 9.53 Å². The molecule has 0 radical (unpaired) electrons. The number of esters is 1. The summed E-state index contributed by atoms with van der Waals surface area (Å²) in [5.74, 6) is 0.109. The van der Waals surface area contributed by atoms with Crippen LogP contribution in [0.5, 0.6) is 0 Å². The first-order chi connectivity index (χ1) is 5.76. The molecule has 3 heteroatoms. The quantitative estimate of drug-likeness (QED) is 0.378. The zero-order chi connectivity index (χ0) is 9.40. The SMILES string of the molecule is CCCCC(=CCCl)C(=O)OC. The first-order valence-corrected chi connectivity index (χ1v) is 4.63. The summed E-state index contributed by atoms with van der Waals surface area (Å²) in [6.07, 6.45) is 4.54. The number of carbonyl (C=O) groups excluding carboxylic acids is 1. The van der Waals surface area contributed by atoms with Crippen molar-refractivity contribution in [2.45, 2.75) is 26.2 Å². The molecule has 12 heavy (non-hydrogen) atoms. The second-order valence-corrected chi connectivity index (χ2v) is 2.79. The second kappa shape index (κ2) is 7.17. The number of unbranched alkanes of at least 4 members (excludes halogenated alkanes) is 1. The van der Waals surface area contributed by atoms with Crippen molar-refractivity contribution in [1.29, 1.82) is 0 Å². The highest BCUT2D eigenvalue weighted by atomic mass is 35.5. The molecule has 0 unspecified atom stereocenters. The lowest BCUT2D eigenvalue weighted by Gasteiger charge is -2.02. The van der Waals surface area contributed by atoms with E-state index in [1.807, 2.05) is 0 Å². The van der Waals surface area contributed by atoms with E-state index in [0.717, 1.165) is 19.3 Å². The maximum atomic E-state index is 11.1. The summed E-state index contributed by atoms with van der Waals surface area (Å²) in [4.78, 5) is 11.1. The van der Waals surface area contributed by atoms with Crippen molar-refractivity contribution in [3.63, 3.8) is 0 Å². The van der Waals surface area contributed by atoms with Crippen LogP contribution in [0.3, 0.4) is 0 Å². The third kappa shape index (κ3) is 4.39. The average molecular weight is 191 g/mol. The Labute approximate surface area is 78.5 Å². The van der Waals surface area contributed by atoms with Crippen LogP contribution in [-0.4, -0.2) is 19.0 Å². The Balaban J connectivity index is 4.04. The number of rotatable bonds is 5. The summed E-state index contributed by atoms with van der Waals surface area (Å²) in [7, 11) is 1.39. The Hall–Kier alpha value is -0.500. The van der Waals surface area contributed by atoms with E-state index in [1.165, 1.54) is 7.11 Å². The van der Waals surface area contributed by atoms with Gasteiger partial charge in [-0.2, -0.15) is 0 Å². The molecule has 0 aliphatic carbocycles. The first kappa shape index (κ1) is 11.5. The number of ether oxygens (including phenoxy) is 1. The van der Waals surface area contributed by atoms with Gasteiger partial charge in [-0.15, -0.1) is 11.6 Å². The van der Waals surface area contributed by atoms with E-state index >= 15 is 0 Å². The lowest BCUT2D eigenvalue weighted by Crippen LogP contribution is -2.05. The highest BCUT2D eigenvalue weighted by molar-refractivity contribution is 6.19. The van der Waals surface area contributed by atoms with E-state index < -0.39 is 0 Å². The summed E-state index contributed by atoms with van der Waals surface area (Å²) in [6.45, 7) is 2.08. The molecular weight excluding hydrogens is 176 g/mol. The normalized spacial score (nSPS) is 11.4. The zero-order valence-corrected chi connectivity index (χ0v) is 8.36. The summed E-state index contributed by atoms with van der Waals surface area (Å²) in [6, 6.07) is 0. The molecular formula is C9H15ClO2. The fraction of sp³-hybridized carbons (Fsp3) is 0.667. The molecule has 0 aromatic carbocycles. The average Bonchev–Trinajstić information content (AvgIpc) is 2.11. The molecule has 70 valence electrons. The molecule has 0 fully saturated rings. The van der Waals surface area contributed by atoms with E-state index in [4.69, 9.17) is 11.6 Å². The van der Waals surface area contributed by atoms with Gasteiger partial charge in [-0.05, 0) is 12.8 Å². The molecule has 0 amide bonds. The van der Waals surface area contributed by atoms with Gasteiger partial charge in [0.2, 0.25) is 0 Å². The van der Waals surface area contributed by atoms with E-state index in [-0.39, 0.29) is 5.97 Å². The molecule has 0 bridgehead atoms. The molecule has 0 aliphatic rings. The van der Waals surface area contributed by atoms with Crippen molar-refractivity contribution in [3.8, 4) is 0 Å². The van der Waals surface area contributed by atoms with Crippen LogP contribution in [0, 0.1) is 0 Å². The topological polar surface area (TPSA) is 26.3 Å². The summed E-state index contributed by atoms with van der Waals surface area (Å²) >= 11 is 5.49. The fourth-order valence-corrected chi connectivity index (χ4v) is 1.07. The number of hydrogen-bond acceptors (Lipinski definition) is 2. The maximum absolute atomic E-state index is 11.1. The van der Waals surface area contributed by atoms with Crippen molar-refractivity contribution >= 4 is 17.6 Å². The van der Waals surface area contributed by atoms with Crippen LogP contribution in [0.1, 0.15) is 26.2 Å². The van der Waals surface area contributed by atoms with Crippen molar-refractivity contribution < 1.29 is 9.53 Å². The molecule has 0 saturated heterocycles. The number of allylic oxidation sites excluding steroid dienone is 1. The Kier molecular flexibility index (Phi) is 6.87. The van der Waals surface area contributed by atoms with Gasteiger partial charge in [-0.3, -0.25) is 0 Å². The Bertz CT molecular complexity index is 164. The van der Waals surface area contributed by atoms with Crippen LogP contribution in [0.25, 0.3) is 0 Å². The van der Waals surface area contributed by atoms with E-state index in [2.05, 4.69) is 11.7 Å². The molecule has 0 aromatic heterocycles. The minimum atomic E-state index is -0.260. The van der Waals surface area contributed by atoms with Gasteiger partial charge in [0, 0.05) is 11.5 Å². The third-order valence-electron chi connectivity index (χ3n) is 1.57. The van der Waals surface area contributed by atoms with Crippen molar-refractivity contribution in [3.05, 3.63) is 11.6 Å². The van der Waals surface area contributed by atoms with Crippen molar-refractivity contribution in [1.82, 2.24) is 0 Å². The predicted octanol–water partition coefficient (Wildman–Crippen LogP) is 2.51. The molecule has 0 saturated carbocycles. The summed E-state index contributed by atoms with van der Waals surface area (Å²) < 4.78 is 4.60. The summed E-state index contributed by atoms with van der Waals surface area (Å²) in [5.41, 5.74) is 0.689. The van der Waals surface area contributed by atoms with Crippen LogP contribution >= 0.6 is 11.6 Å². The maximum Gasteiger partial charge on any atom is 0.333 e. The number of hydrogen-bond donors (Lipinski definition) is 0. The Morgan fingerprint density at radius 1 is 1.58 bits per heavy atom. The fourth-order valence-electron chi connectivity index (χ4n) is 0.879. The van der Waals surface area contributed by atoms with Gasteiger partial charge in [-0.25, -0.2) is 4.79 Å². The van der Waals surface area contributed by atoms with Gasteiger partial charge < -0.3 is 4.74 Å². The zero-order valence-electron chi connectivity index (χ0n) is 7.60. The monoisotopic (exact) mass is 190 g/mol. The third-order valence-corrected chi connectivity index (χ3v) is 1.73. The number of methoxy groups -OCH3 is 1. The largest absolute Gasteiger partial charge is 0.466 e. The number of alkyl halides is 1. The molecule has 0 aliphatic heterocycles. The van der Waals surface area contributed by atoms with Crippen molar-refractivity contribution in [2.24, 2.45) is 0 Å². The Morgan fingerprint density at radius 2 is 2.25 bits per heavy atom. The van der Waals surface area contributed by atoms with Crippen molar-refractivity contribution in [2.75, 3.05) is 13.0 Å². The molecule has 0 rings (SSSR count). The van der Waals surface area contributed by atoms with Crippen LogP contribution < -0.4 is 0 Å². The molecule has 2 nitrogen and oxygen atoms in total. The van der Waals surface area contributed by atoms with E-state index in [9.17, 15) is 4.79 Å². The number of halogens is 1. The van der Waals surface area contributed by atoms with Gasteiger partial charge >= 0.3 is 5.97 Å². The second-order valence-electron chi connectivity index (χ2n) is 2.48. The summed E-state index contributed by atoms with van der Waals surface area (Å²) in [5, 5.41) is 0. The predicted molar refractivity (Wildman–Crippen MR) is 50.3 cm³/mol. The Morgan fingerprint density at radius 3 is 2.67 bits per heavy atom. The smallest absolute Gasteiger partial charge is 0.333 e. The van der Waals surface area contributed by atoms with E-state index in [1.54, 1.807) is 6.08 Å². The molecule has 0 spiro atoms. The number of carbonyl (C=O) groups is 1. The van der Waals surface area contributed by atoms with Gasteiger partial charge in [0.25, 0.3) is 0 Å². The lowest BCUT2D eigenvalue weighted by atomic mass is 10.1. The molecule has 0 atom stereocenters. The van der Waals surface area contributed by atoms with Gasteiger partial charge in [-0.1, -0.05) is 19.4 Å². The van der Waals surface area contributed by atoms with Crippen LogP contribution in [0.4, 0.5) is 0 Å². The minimum absolute atomic E-state index is 0.260. The minimum Gasteiger partial charge on any atom is -0.466 e. The van der Waals surface area contributed by atoms with Crippen LogP contribution in [0.15, 0.2) is 11.6 Å². The molecule has 0 aromatic rings. The van der Waals surface area contributed by atoms with Gasteiger partial charge in [0.1, 0.15) is 0 Å². The highest BCUT2D eigenvalue weighted by Gasteiger charge is 2.07. The molecule has 0 heterocycles. The van der Waals surface area contributed by atoms with Gasteiger partial charge in [0.15, 0.2) is 0 Å². The van der Waals surface area contributed by atoms with E-state index in [0.29, 0.717) is 11.5 Å². The molecule has 0 N–H and O–H groups in total. The first-order valence-electron chi connectivity index (χ1n) is 4.09. The van der Waals surface area contributed by atoms with Gasteiger partial charge in [0.05, 0.1) is 7.11 Å². The lowest BCUT2D eigenvalue weighted by molar-refractivity contribution is -0.136.